The van der Waals surface area contributed by atoms with Crippen molar-refractivity contribution >= 4 is 26.0 Å². The molecule has 0 spiro atoms. The van der Waals surface area contributed by atoms with Gasteiger partial charge in [-0.1, -0.05) is 35.3 Å². The Balaban J connectivity index is 2.43. The molecule has 3 nitrogen and oxygen atoms in total. The Morgan fingerprint density at radius 2 is 2.11 bits per heavy atom. The summed E-state index contributed by atoms with van der Waals surface area (Å²) in [5.41, 5.74) is 0.809. The van der Waals surface area contributed by atoms with E-state index in [1.165, 1.54) is 0 Å². The summed E-state index contributed by atoms with van der Waals surface area (Å²) in [5, 5.41) is 0. The molecule has 0 radical (unpaired) electrons. The fraction of sp³-hybridized carbons (Fsp3) is 0.571. The van der Waals surface area contributed by atoms with Crippen molar-refractivity contribution in [3.05, 3.63) is 28.2 Å². The van der Waals surface area contributed by atoms with E-state index < -0.39 is 10.0 Å². The standard InChI is InChI=1S/C14H20BrNO2S/c1-3-13-6-4-5-9-16(13)19(17,18)14-10-12(15)8-7-11(14)2/h7-8,10,13H,3-6,9H2,1-2H3/t13-/m1/s1. The number of benzene rings is 1. The number of sulfonamides is 1. The van der Waals surface area contributed by atoms with Crippen LogP contribution in [0.3, 0.4) is 0 Å². The van der Waals surface area contributed by atoms with Crippen LogP contribution in [0, 0.1) is 6.92 Å². The summed E-state index contributed by atoms with van der Waals surface area (Å²) >= 11 is 3.36. The summed E-state index contributed by atoms with van der Waals surface area (Å²) in [5.74, 6) is 0. The van der Waals surface area contributed by atoms with Crippen LogP contribution in [0.2, 0.25) is 0 Å². The third-order valence-corrected chi connectivity index (χ3v) is 6.37. The van der Waals surface area contributed by atoms with Gasteiger partial charge in [-0.25, -0.2) is 8.42 Å². The van der Waals surface area contributed by atoms with E-state index in [0.29, 0.717) is 11.4 Å². The number of aryl methyl sites for hydroxylation is 1. The van der Waals surface area contributed by atoms with Gasteiger partial charge in [-0.15, -0.1) is 0 Å². The maximum atomic E-state index is 12.8. The lowest BCUT2D eigenvalue weighted by Crippen LogP contribution is -2.43. The molecular weight excluding hydrogens is 326 g/mol. The van der Waals surface area contributed by atoms with Gasteiger partial charge in [0.1, 0.15) is 0 Å². The van der Waals surface area contributed by atoms with Crippen molar-refractivity contribution in [2.75, 3.05) is 6.54 Å². The second kappa shape index (κ2) is 5.94. The number of hydrogen-bond acceptors (Lipinski definition) is 2. The number of rotatable bonds is 3. The molecule has 0 aliphatic carbocycles. The maximum absolute atomic E-state index is 12.8. The molecule has 0 saturated carbocycles. The smallest absolute Gasteiger partial charge is 0.207 e. The molecule has 1 saturated heterocycles. The van der Waals surface area contributed by atoms with E-state index in [9.17, 15) is 8.42 Å². The van der Waals surface area contributed by atoms with Crippen LogP contribution in [-0.4, -0.2) is 25.3 Å². The number of piperidine rings is 1. The molecule has 0 aromatic heterocycles. The topological polar surface area (TPSA) is 37.4 Å². The average molecular weight is 346 g/mol. The van der Waals surface area contributed by atoms with Gasteiger partial charge in [0.15, 0.2) is 0 Å². The van der Waals surface area contributed by atoms with Crippen LogP contribution in [0.15, 0.2) is 27.6 Å². The molecule has 1 aromatic rings. The minimum atomic E-state index is -3.37. The number of halogens is 1. The Morgan fingerprint density at radius 3 is 2.79 bits per heavy atom. The molecule has 1 aromatic carbocycles. The lowest BCUT2D eigenvalue weighted by Gasteiger charge is -2.34. The van der Waals surface area contributed by atoms with E-state index in [-0.39, 0.29) is 6.04 Å². The van der Waals surface area contributed by atoms with Crippen molar-refractivity contribution in [1.82, 2.24) is 4.31 Å². The number of nitrogens with zero attached hydrogens (tertiary/aromatic N) is 1. The van der Waals surface area contributed by atoms with E-state index in [1.807, 2.05) is 19.1 Å². The highest BCUT2D eigenvalue weighted by atomic mass is 79.9. The highest BCUT2D eigenvalue weighted by molar-refractivity contribution is 9.10. The second-order valence-corrected chi connectivity index (χ2v) is 7.86. The molecule has 106 valence electrons. The van der Waals surface area contributed by atoms with Crippen LogP contribution >= 0.6 is 15.9 Å². The van der Waals surface area contributed by atoms with Gasteiger partial charge in [0.05, 0.1) is 4.90 Å². The molecular formula is C14H20BrNO2S. The Bertz CT molecular complexity index is 557. The van der Waals surface area contributed by atoms with Gasteiger partial charge in [-0.2, -0.15) is 4.31 Å². The Morgan fingerprint density at radius 1 is 1.37 bits per heavy atom. The highest BCUT2D eigenvalue weighted by Gasteiger charge is 2.33. The van der Waals surface area contributed by atoms with Crippen LogP contribution < -0.4 is 0 Å². The van der Waals surface area contributed by atoms with Gasteiger partial charge < -0.3 is 0 Å². The van der Waals surface area contributed by atoms with Gasteiger partial charge in [0.2, 0.25) is 10.0 Å². The van der Waals surface area contributed by atoms with Gasteiger partial charge in [0, 0.05) is 17.1 Å². The first-order valence-electron chi connectivity index (χ1n) is 6.75. The summed E-state index contributed by atoms with van der Waals surface area (Å²) in [6, 6.07) is 5.59. The average Bonchev–Trinajstić information content (AvgIpc) is 2.41. The van der Waals surface area contributed by atoms with Crippen molar-refractivity contribution in [2.45, 2.75) is 50.5 Å². The zero-order valence-corrected chi connectivity index (χ0v) is 13.8. The van der Waals surface area contributed by atoms with E-state index >= 15 is 0 Å². The Hall–Kier alpha value is -0.390. The summed E-state index contributed by atoms with van der Waals surface area (Å²) in [4.78, 5) is 0.433. The minimum Gasteiger partial charge on any atom is -0.207 e. The van der Waals surface area contributed by atoms with Crippen LogP contribution in [-0.2, 0) is 10.0 Å². The van der Waals surface area contributed by atoms with Crippen molar-refractivity contribution in [3.8, 4) is 0 Å². The fourth-order valence-electron chi connectivity index (χ4n) is 2.68. The van der Waals surface area contributed by atoms with Crippen molar-refractivity contribution in [1.29, 1.82) is 0 Å². The molecule has 1 fully saturated rings. The molecule has 0 unspecified atom stereocenters. The molecule has 1 aliphatic rings. The van der Waals surface area contributed by atoms with Crippen LogP contribution in [0.25, 0.3) is 0 Å². The predicted octanol–water partition coefficient (Wildman–Crippen LogP) is 3.71. The van der Waals surface area contributed by atoms with Gasteiger partial charge in [-0.05, 0) is 43.9 Å². The Kier molecular flexibility index (Phi) is 4.69. The molecule has 1 heterocycles. The largest absolute Gasteiger partial charge is 0.243 e. The summed E-state index contributed by atoms with van der Waals surface area (Å²) < 4.78 is 28.2. The molecule has 19 heavy (non-hydrogen) atoms. The summed E-state index contributed by atoms with van der Waals surface area (Å²) in [7, 11) is -3.37. The van der Waals surface area contributed by atoms with Gasteiger partial charge in [-0.3, -0.25) is 0 Å². The van der Waals surface area contributed by atoms with Crippen LogP contribution in [0.4, 0.5) is 0 Å². The predicted molar refractivity (Wildman–Crippen MR) is 80.7 cm³/mol. The van der Waals surface area contributed by atoms with E-state index in [2.05, 4.69) is 22.9 Å². The lowest BCUT2D eigenvalue weighted by atomic mass is 10.0. The SMILES string of the molecule is CC[C@@H]1CCCCN1S(=O)(=O)c1cc(Br)ccc1C. The van der Waals surface area contributed by atoms with E-state index in [1.54, 1.807) is 10.4 Å². The molecule has 1 atom stereocenters. The fourth-order valence-corrected chi connectivity index (χ4v) is 5.21. The quantitative estimate of drug-likeness (QED) is 0.837. The normalized spacial score (nSPS) is 21.5. The summed E-state index contributed by atoms with van der Waals surface area (Å²) in [6.45, 7) is 4.56. The highest BCUT2D eigenvalue weighted by Crippen LogP contribution is 2.29. The first kappa shape index (κ1) is 15.0. The summed E-state index contributed by atoms with van der Waals surface area (Å²) in [6.07, 6.45) is 3.94. The van der Waals surface area contributed by atoms with E-state index in [4.69, 9.17) is 0 Å². The van der Waals surface area contributed by atoms with Gasteiger partial charge >= 0.3 is 0 Å². The lowest BCUT2D eigenvalue weighted by molar-refractivity contribution is 0.246. The first-order chi connectivity index (χ1) is 8.96. The minimum absolute atomic E-state index is 0.150. The zero-order valence-electron chi connectivity index (χ0n) is 11.4. The molecule has 1 aliphatic heterocycles. The molecule has 0 bridgehead atoms. The molecule has 0 N–H and O–H groups in total. The molecule has 0 amide bonds. The monoisotopic (exact) mass is 345 g/mol. The second-order valence-electron chi connectivity index (χ2n) is 5.08. The third kappa shape index (κ3) is 3.03. The third-order valence-electron chi connectivity index (χ3n) is 3.78. The van der Waals surface area contributed by atoms with Crippen LogP contribution in [0.1, 0.15) is 38.2 Å². The maximum Gasteiger partial charge on any atom is 0.243 e. The van der Waals surface area contributed by atoms with Crippen molar-refractivity contribution < 1.29 is 8.42 Å². The van der Waals surface area contributed by atoms with Crippen molar-refractivity contribution in [3.63, 3.8) is 0 Å². The van der Waals surface area contributed by atoms with Gasteiger partial charge in [0.25, 0.3) is 0 Å². The number of hydrogen-bond donors (Lipinski definition) is 0. The molecule has 2 rings (SSSR count). The first-order valence-corrected chi connectivity index (χ1v) is 8.98. The van der Waals surface area contributed by atoms with Crippen LogP contribution in [0.5, 0.6) is 0 Å². The van der Waals surface area contributed by atoms with Crippen molar-refractivity contribution in [2.24, 2.45) is 0 Å². The molecule has 5 heteroatoms. The van der Waals surface area contributed by atoms with E-state index in [0.717, 1.165) is 35.7 Å². The zero-order chi connectivity index (χ0) is 14.0. The Labute approximate surface area is 124 Å².